The van der Waals surface area contributed by atoms with Crippen molar-refractivity contribution in [3.63, 3.8) is 0 Å². The highest BCUT2D eigenvalue weighted by atomic mass is 127. The highest BCUT2D eigenvalue weighted by Crippen LogP contribution is 2.23. The summed E-state index contributed by atoms with van der Waals surface area (Å²) in [6, 6.07) is 20.4. The fourth-order valence-electron chi connectivity index (χ4n) is 3.09. The Balaban J connectivity index is 1.58. The molecule has 7 heteroatoms. The van der Waals surface area contributed by atoms with Crippen LogP contribution in [0.15, 0.2) is 76.5 Å². The third kappa shape index (κ3) is 4.00. The van der Waals surface area contributed by atoms with E-state index in [1.165, 1.54) is 10.9 Å². The molecule has 0 radical (unpaired) electrons. The van der Waals surface area contributed by atoms with Crippen molar-refractivity contribution in [3.8, 4) is 5.69 Å². The van der Waals surface area contributed by atoms with Gasteiger partial charge in [0.15, 0.2) is 0 Å². The number of carbonyl (C=O) groups excluding carboxylic acids is 1. The summed E-state index contributed by atoms with van der Waals surface area (Å²) in [5, 5.41) is 7.76. The number of urea groups is 1. The van der Waals surface area contributed by atoms with Crippen molar-refractivity contribution in [2.24, 2.45) is 4.99 Å². The van der Waals surface area contributed by atoms with E-state index in [0.29, 0.717) is 16.9 Å². The summed E-state index contributed by atoms with van der Waals surface area (Å²) in [6.45, 7) is 1.77. The lowest BCUT2D eigenvalue weighted by Gasteiger charge is -2.06. The van der Waals surface area contributed by atoms with Gasteiger partial charge in [-0.3, -0.25) is 9.89 Å². The SMILES string of the molecule is Cc1[nH]n(-c2ccc(I)cc2)c(=O)c1C=NC(=O)Nc1cccc2ccccc12. The molecule has 0 aliphatic rings. The lowest BCUT2D eigenvalue weighted by atomic mass is 10.1. The Labute approximate surface area is 180 Å². The molecular weight excluding hydrogens is 479 g/mol. The number of nitrogens with zero attached hydrogens (tertiary/aromatic N) is 2. The molecule has 0 bridgehead atoms. The Hall–Kier alpha value is -3.20. The van der Waals surface area contributed by atoms with Gasteiger partial charge in [-0.05, 0) is 65.2 Å². The number of H-pyrrole nitrogens is 1. The lowest BCUT2D eigenvalue weighted by molar-refractivity contribution is 0.259. The Morgan fingerprint density at radius 2 is 1.79 bits per heavy atom. The fraction of sp³-hybridized carbons (Fsp3) is 0.0455. The van der Waals surface area contributed by atoms with E-state index in [1.54, 1.807) is 6.92 Å². The fourth-order valence-corrected chi connectivity index (χ4v) is 3.45. The molecule has 0 atom stereocenters. The molecular formula is C22H17IN4O2. The normalized spacial score (nSPS) is 11.2. The Morgan fingerprint density at radius 1 is 1.07 bits per heavy atom. The molecule has 144 valence electrons. The summed E-state index contributed by atoms with van der Waals surface area (Å²) in [5.41, 5.74) is 2.11. The second kappa shape index (κ2) is 8.04. The number of hydrogen-bond acceptors (Lipinski definition) is 2. The van der Waals surface area contributed by atoms with E-state index < -0.39 is 6.03 Å². The summed E-state index contributed by atoms with van der Waals surface area (Å²) in [7, 11) is 0. The molecule has 2 N–H and O–H groups in total. The molecule has 0 aliphatic heterocycles. The first-order valence-corrected chi connectivity index (χ1v) is 10.0. The van der Waals surface area contributed by atoms with Crippen LogP contribution >= 0.6 is 22.6 Å². The van der Waals surface area contributed by atoms with Gasteiger partial charge in [0, 0.05) is 20.9 Å². The predicted octanol–water partition coefficient (Wildman–Crippen LogP) is 4.88. The van der Waals surface area contributed by atoms with Gasteiger partial charge in [0.25, 0.3) is 5.56 Å². The van der Waals surface area contributed by atoms with E-state index in [2.05, 4.69) is 38.0 Å². The molecule has 0 unspecified atom stereocenters. The third-order valence-corrected chi connectivity index (χ3v) is 5.26. The average Bonchev–Trinajstić information content (AvgIpc) is 3.01. The number of amides is 2. The first-order valence-electron chi connectivity index (χ1n) is 8.93. The van der Waals surface area contributed by atoms with Crippen molar-refractivity contribution in [1.29, 1.82) is 0 Å². The number of anilines is 1. The molecule has 0 fully saturated rings. The topological polar surface area (TPSA) is 79.2 Å². The lowest BCUT2D eigenvalue weighted by Crippen LogP contribution is -2.17. The molecule has 0 saturated carbocycles. The van der Waals surface area contributed by atoms with Gasteiger partial charge in [-0.25, -0.2) is 14.5 Å². The Bertz CT molecular complexity index is 1280. The van der Waals surface area contributed by atoms with Crippen LogP contribution in [0.4, 0.5) is 10.5 Å². The zero-order chi connectivity index (χ0) is 20.4. The molecule has 1 aromatic heterocycles. The van der Waals surface area contributed by atoms with Crippen molar-refractivity contribution >= 4 is 51.3 Å². The summed E-state index contributed by atoms with van der Waals surface area (Å²) < 4.78 is 2.52. The number of aromatic nitrogens is 2. The van der Waals surface area contributed by atoms with Crippen LogP contribution in [-0.2, 0) is 0 Å². The summed E-state index contributed by atoms with van der Waals surface area (Å²) in [5.74, 6) is 0. The number of aliphatic imine (C=N–C) groups is 1. The van der Waals surface area contributed by atoms with Crippen molar-refractivity contribution in [3.05, 3.63) is 91.9 Å². The van der Waals surface area contributed by atoms with E-state index in [1.807, 2.05) is 66.7 Å². The summed E-state index contributed by atoms with van der Waals surface area (Å²) in [6.07, 6.45) is 1.30. The van der Waals surface area contributed by atoms with Gasteiger partial charge in [0.1, 0.15) is 0 Å². The van der Waals surface area contributed by atoms with Crippen molar-refractivity contribution in [1.82, 2.24) is 9.78 Å². The second-order valence-corrected chi connectivity index (χ2v) is 7.73. The molecule has 4 aromatic rings. The maximum absolute atomic E-state index is 12.7. The quantitative estimate of drug-likeness (QED) is 0.313. The Morgan fingerprint density at radius 3 is 2.59 bits per heavy atom. The minimum Gasteiger partial charge on any atom is -0.305 e. The average molecular weight is 496 g/mol. The van der Waals surface area contributed by atoms with E-state index in [0.717, 1.165) is 20.0 Å². The molecule has 3 aromatic carbocycles. The highest BCUT2D eigenvalue weighted by Gasteiger charge is 2.11. The zero-order valence-corrected chi connectivity index (χ0v) is 17.7. The minimum atomic E-state index is -0.540. The van der Waals surface area contributed by atoms with Crippen molar-refractivity contribution in [2.45, 2.75) is 6.92 Å². The number of nitrogens with one attached hydrogen (secondary N) is 2. The molecule has 0 spiro atoms. The smallest absolute Gasteiger partial charge is 0.305 e. The van der Waals surface area contributed by atoms with E-state index >= 15 is 0 Å². The largest absolute Gasteiger partial charge is 0.345 e. The van der Waals surface area contributed by atoms with E-state index in [9.17, 15) is 9.59 Å². The van der Waals surface area contributed by atoms with Crippen LogP contribution in [0.2, 0.25) is 0 Å². The molecule has 6 nitrogen and oxygen atoms in total. The number of fused-ring (bicyclic) bond motifs is 1. The maximum atomic E-state index is 12.7. The number of hydrogen-bond donors (Lipinski definition) is 2. The predicted molar refractivity (Wildman–Crippen MR) is 124 cm³/mol. The van der Waals surface area contributed by atoms with Crippen LogP contribution in [0.3, 0.4) is 0 Å². The van der Waals surface area contributed by atoms with Gasteiger partial charge < -0.3 is 5.32 Å². The van der Waals surface area contributed by atoms with Gasteiger partial charge in [0.2, 0.25) is 0 Å². The minimum absolute atomic E-state index is 0.259. The number of aryl methyl sites for hydroxylation is 1. The standard InChI is InChI=1S/C22H17IN4O2/c1-14-19(21(28)27(26-14)17-11-9-16(23)10-12-17)13-24-22(29)25-20-8-4-6-15-5-2-3-7-18(15)20/h2-13,26H,1H3,(H,25,29). The first-order chi connectivity index (χ1) is 14.0. The van der Waals surface area contributed by atoms with E-state index in [-0.39, 0.29) is 5.56 Å². The monoisotopic (exact) mass is 496 g/mol. The molecule has 2 amide bonds. The number of benzene rings is 3. The highest BCUT2D eigenvalue weighted by molar-refractivity contribution is 14.1. The van der Waals surface area contributed by atoms with Gasteiger partial charge in [-0.1, -0.05) is 36.4 Å². The summed E-state index contributed by atoms with van der Waals surface area (Å²) >= 11 is 2.21. The van der Waals surface area contributed by atoms with Crippen LogP contribution in [-0.4, -0.2) is 22.0 Å². The maximum Gasteiger partial charge on any atom is 0.345 e. The second-order valence-electron chi connectivity index (χ2n) is 6.48. The van der Waals surface area contributed by atoms with Crippen LogP contribution < -0.4 is 10.9 Å². The van der Waals surface area contributed by atoms with Crippen molar-refractivity contribution in [2.75, 3.05) is 5.32 Å². The number of halogens is 1. The van der Waals surface area contributed by atoms with Gasteiger partial charge in [0.05, 0.1) is 16.9 Å². The van der Waals surface area contributed by atoms with Crippen LogP contribution in [0, 0.1) is 10.5 Å². The van der Waals surface area contributed by atoms with E-state index in [4.69, 9.17) is 0 Å². The van der Waals surface area contributed by atoms with Gasteiger partial charge >= 0.3 is 6.03 Å². The third-order valence-electron chi connectivity index (χ3n) is 4.54. The number of carbonyl (C=O) groups is 1. The van der Waals surface area contributed by atoms with Gasteiger partial charge in [-0.2, -0.15) is 0 Å². The number of aromatic amines is 1. The van der Waals surface area contributed by atoms with Crippen LogP contribution in [0.25, 0.3) is 16.5 Å². The Kier molecular flexibility index (Phi) is 5.30. The van der Waals surface area contributed by atoms with Gasteiger partial charge in [-0.15, -0.1) is 0 Å². The van der Waals surface area contributed by atoms with Crippen LogP contribution in [0.1, 0.15) is 11.3 Å². The summed E-state index contributed by atoms with van der Waals surface area (Å²) in [4.78, 5) is 29.0. The molecule has 0 aliphatic carbocycles. The first kappa shape index (κ1) is 19.1. The van der Waals surface area contributed by atoms with Crippen molar-refractivity contribution < 1.29 is 4.79 Å². The molecule has 0 saturated heterocycles. The number of rotatable bonds is 3. The zero-order valence-electron chi connectivity index (χ0n) is 15.5. The molecule has 1 heterocycles. The molecule has 4 rings (SSSR count). The van der Waals surface area contributed by atoms with Crippen LogP contribution in [0.5, 0.6) is 0 Å². The molecule has 29 heavy (non-hydrogen) atoms.